The van der Waals surface area contributed by atoms with Gasteiger partial charge in [0.2, 0.25) is 0 Å². The van der Waals surface area contributed by atoms with Crippen molar-refractivity contribution in [1.82, 2.24) is 4.90 Å². The topological polar surface area (TPSA) is 90.0 Å². The van der Waals surface area contributed by atoms with Crippen molar-refractivity contribution in [2.75, 3.05) is 32.3 Å². The molecule has 1 aliphatic heterocycles. The highest BCUT2D eigenvalue weighted by atomic mass is 32.2. The third kappa shape index (κ3) is 4.44. The van der Waals surface area contributed by atoms with E-state index >= 15 is 0 Å². The van der Waals surface area contributed by atoms with Gasteiger partial charge < -0.3 is 14.4 Å². The number of methoxy groups -OCH3 is 1. The predicted octanol–water partition coefficient (Wildman–Crippen LogP) is 0.498. The number of amides is 1. The Hall–Kier alpha value is -2.09. The van der Waals surface area contributed by atoms with Crippen LogP contribution < -0.4 is 4.74 Å². The number of rotatable bonds is 5. The van der Waals surface area contributed by atoms with Gasteiger partial charge in [0.15, 0.2) is 16.4 Å². The summed E-state index contributed by atoms with van der Waals surface area (Å²) in [5.74, 6) is -0.330. The highest BCUT2D eigenvalue weighted by Crippen LogP contribution is 2.18. The minimum absolute atomic E-state index is 0.00688. The van der Waals surface area contributed by atoms with E-state index in [2.05, 4.69) is 4.74 Å². The number of carbonyl (C=O) groups is 2. The van der Waals surface area contributed by atoms with E-state index in [-0.39, 0.29) is 30.1 Å². The number of benzene rings is 1. The van der Waals surface area contributed by atoms with Crippen molar-refractivity contribution in [2.45, 2.75) is 12.5 Å². The molecule has 0 N–H and O–H groups in total. The second-order valence-electron chi connectivity index (χ2n) is 5.37. The molecule has 0 saturated carbocycles. The molecule has 1 fully saturated rings. The quantitative estimate of drug-likeness (QED) is 0.725. The molecule has 0 spiro atoms. The number of esters is 1. The van der Waals surface area contributed by atoms with Gasteiger partial charge in [-0.3, -0.25) is 4.79 Å². The van der Waals surface area contributed by atoms with Crippen LogP contribution in [0.1, 0.15) is 16.8 Å². The molecule has 1 aliphatic rings. The minimum Gasteiger partial charge on any atom is -0.484 e. The van der Waals surface area contributed by atoms with Gasteiger partial charge in [0.25, 0.3) is 5.91 Å². The van der Waals surface area contributed by atoms with Crippen LogP contribution in [-0.4, -0.2) is 63.5 Å². The van der Waals surface area contributed by atoms with Crippen LogP contribution in [0, 0.1) is 0 Å². The van der Waals surface area contributed by atoms with Crippen LogP contribution in [0.15, 0.2) is 24.3 Å². The molecule has 1 aromatic carbocycles. The first kappa shape index (κ1) is 17.3. The molecule has 0 aliphatic carbocycles. The molecule has 1 amide bonds. The summed E-state index contributed by atoms with van der Waals surface area (Å²) < 4.78 is 32.9. The Labute approximate surface area is 135 Å². The van der Waals surface area contributed by atoms with Crippen LogP contribution in [-0.2, 0) is 19.4 Å². The van der Waals surface area contributed by atoms with Crippen LogP contribution >= 0.6 is 0 Å². The van der Waals surface area contributed by atoms with Crippen LogP contribution in [0.4, 0.5) is 0 Å². The average Bonchev–Trinajstić information content (AvgIpc) is 2.91. The molecule has 1 aromatic rings. The molecule has 23 heavy (non-hydrogen) atoms. The van der Waals surface area contributed by atoms with Crippen molar-refractivity contribution < 1.29 is 27.5 Å². The van der Waals surface area contributed by atoms with E-state index < -0.39 is 15.8 Å². The van der Waals surface area contributed by atoms with Crippen LogP contribution in [0.3, 0.4) is 0 Å². The van der Waals surface area contributed by atoms with Gasteiger partial charge in [0, 0.05) is 13.1 Å². The Kier molecular flexibility index (Phi) is 5.25. The predicted molar refractivity (Wildman–Crippen MR) is 83.1 cm³/mol. The number of ether oxygens (including phenoxy) is 2. The molecule has 0 bridgehead atoms. The molecule has 7 nitrogen and oxygen atoms in total. The van der Waals surface area contributed by atoms with Gasteiger partial charge in [-0.05, 0) is 24.6 Å². The van der Waals surface area contributed by atoms with Gasteiger partial charge in [-0.25, -0.2) is 13.2 Å². The third-order valence-corrected chi connectivity index (χ3v) is 5.52. The standard InChI is InChI=1S/C15H19NO6S/c1-16(12-6-7-23(19,20)10-12)14(17)9-22-13-5-3-4-11(8-13)15(18)21-2/h3-5,8,12H,6-7,9-10H2,1-2H3. The molecule has 2 rings (SSSR count). The van der Waals surface area contributed by atoms with Crippen molar-refractivity contribution in [3.63, 3.8) is 0 Å². The molecule has 1 atom stereocenters. The number of carbonyl (C=O) groups excluding carboxylic acids is 2. The maximum absolute atomic E-state index is 12.1. The van der Waals surface area contributed by atoms with Crippen LogP contribution in [0.2, 0.25) is 0 Å². The lowest BCUT2D eigenvalue weighted by Gasteiger charge is -2.23. The summed E-state index contributed by atoms with van der Waals surface area (Å²) in [7, 11) is -0.192. The van der Waals surface area contributed by atoms with Gasteiger partial charge in [-0.15, -0.1) is 0 Å². The Morgan fingerprint density at radius 3 is 2.70 bits per heavy atom. The SMILES string of the molecule is COC(=O)c1cccc(OCC(=O)N(C)C2CCS(=O)(=O)C2)c1. The summed E-state index contributed by atoms with van der Waals surface area (Å²) >= 11 is 0. The number of likely N-dealkylation sites (N-methyl/N-ethyl adjacent to an activating group) is 1. The number of sulfone groups is 1. The molecule has 1 heterocycles. The third-order valence-electron chi connectivity index (χ3n) is 3.77. The fraction of sp³-hybridized carbons (Fsp3) is 0.467. The summed E-state index contributed by atoms with van der Waals surface area (Å²) in [5.41, 5.74) is 0.327. The highest BCUT2D eigenvalue weighted by Gasteiger charge is 2.32. The van der Waals surface area contributed by atoms with Crippen molar-refractivity contribution in [3.8, 4) is 5.75 Å². The van der Waals surface area contributed by atoms with Crippen molar-refractivity contribution >= 4 is 21.7 Å². The van der Waals surface area contributed by atoms with E-state index in [1.807, 2.05) is 0 Å². The second kappa shape index (κ2) is 6.99. The maximum Gasteiger partial charge on any atom is 0.337 e. The lowest BCUT2D eigenvalue weighted by Crippen LogP contribution is -2.40. The Morgan fingerprint density at radius 2 is 2.09 bits per heavy atom. The number of hydrogen-bond donors (Lipinski definition) is 0. The Bertz CT molecular complexity index is 700. The lowest BCUT2D eigenvalue weighted by atomic mass is 10.2. The normalized spacial score (nSPS) is 19.1. The highest BCUT2D eigenvalue weighted by molar-refractivity contribution is 7.91. The zero-order chi connectivity index (χ0) is 17.0. The first-order chi connectivity index (χ1) is 10.8. The van der Waals surface area contributed by atoms with E-state index in [4.69, 9.17) is 4.74 Å². The molecular weight excluding hydrogens is 322 g/mol. The first-order valence-electron chi connectivity index (χ1n) is 7.09. The van der Waals surface area contributed by atoms with Gasteiger partial charge in [0.05, 0.1) is 24.2 Å². The molecule has 1 unspecified atom stereocenters. The van der Waals surface area contributed by atoms with Crippen molar-refractivity contribution in [2.24, 2.45) is 0 Å². The monoisotopic (exact) mass is 341 g/mol. The molecule has 0 radical (unpaired) electrons. The van der Waals surface area contributed by atoms with E-state index in [1.54, 1.807) is 25.2 Å². The van der Waals surface area contributed by atoms with Crippen molar-refractivity contribution in [3.05, 3.63) is 29.8 Å². The Morgan fingerprint density at radius 1 is 1.35 bits per heavy atom. The second-order valence-corrected chi connectivity index (χ2v) is 7.60. The van der Waals surface area contributed by atoms with Crippen LogP contribution in [0.25, 0.3) is 0 Å². The average molecular weight is 341 g/mol. The number of hydrogen-bond acceptors (Lipinski definition) is 6. The van der Waals surface area contributed by atoms with Gasteiger partial charge >= 0.3 is 5.97 Å². The first-order valence-corrected chi connectivity index (χ1v) is 8.92. The molecule has 0 aromatic heterocycles. The Balaban J connectivity index is 1.93. The minimum atomic E-state index is -3.05. The molecular formula is C15H19NO6S. The number of nitrogens with zero attached hydrogens (tertiary/aromatic N) is 1. The summed E-state index contributed by atoms with van der Waals surface area (Å²) in [6, 6.07) is 6.01. The van der Waals surface area contributed by atoms with E-state index in [1.165, 1.54) is 18.1 Å². The van der Waals surface area contributed by atoms with Gasteiger partial charge in [0.1, 0.15) is 5.75 Å². The summed E-state index contributed by atoms with van der Waals surface area (Å²) in [5, 5.41) is 0. The summed E-state index contributed by atoms with van der Waals surface area (Å²) in [6.07, 6.45) is 0.447. The summed E-state index contributed by atoms with van der Waals surface area (Å²) in [6.45, 7) is -0.225. The molecule has 126 valence electrons. The van der Waals surface area contributed by atoms with Gasteiger partial charge in [-0.1, -0.05) is 6.07 Å². The summed E-state index contributed by atoms with van der Waals surface area (Å²) in [4.78, 5) is 25.0. The van der Waals surface area contributed by atoms with E-state index in [9.17, 15) is 18.0 Å². The van der Waals surface area contributed by atoms with Gasteiger partial charge in [-0.2, -0.15) is 0 Å². The fourth-order valence-corrected chi connectivity index (χ4v) is 4.14. The molecule has 8 heteroatoms. The molecule has 1 saturated heterocycles. The smallest absolute Gasteiger partial charge is 0.337 e. The van der Waals surface area contributed by atoms with E-state index in [0.717, 1.165) is 0 Å². The van der Waals surface area contributed by atoms with Crippen LogP contribution in [0.5, 0.6) is 5.75 Å². The zero-order valence-corrected chi connectivity index (χ0v) is 13.8. The zero-order valence-electron chi connectivity index (χ0n) is 13.0. The van der Waals surface area contributed by atoms with Crippen molar-refractivity contribution in [1.29, 1.82) is 0 Å². The fourth-order valence-electron chi connectivity index (χ4n) is 2.36. The lowest BCUT2D eigenvalue weighted by molar-refractivity contribution is -0.133. The van der Waals surface area contributed by atoms with E-state index in [0.29, 0.717) is 17.7 Å². The maximum atomic E-state index is 12.1. The largest absolute Gasteiger partial charge is 0.484 e.